The van der Waals surface area contributed by atoms with Gasteiger partial charge in [0.15, 0.2) is 0 Å². The summed E-state index contributed by atoms with van der Waals surface area (Å²) in [5, 5.41) is 10.6. The molecule has 4 nitrogen and oxygen atoms in total. The zero-order chi connectivity index (χ0) is 10.8. The minimum absolute atomic E-state index is 0.0726. The highest BCUT2D eigenvalue weighted by Gasteiger charge is 2.16. The summed E-state index contributed by atoms with van der Waals surface area (Å²) < 4.78 is 0. The minimum atomic E-state index is -0.421. The van der Waals surface area contributed by atoms with Crippen LogP contribution in [0.25, 0.3) is 0 Å². The Morgan fingerprint density at radius 2 is 2.00 bits per heavy atom. The van der Waals surface area contributed by atoms with E-state index < -0.39 is 4.92 Å². The number of carbonyl (C=O) groups is 1. The quantitative estimate of drug-likeness (QED) is 0.400. The summed E-state index contributed by atoms with van der Waals surface area (Å²) in [7, 11) is 0. The zero-order valence-corrected chi connectivity index (χ0v) is 8.23. The molecule has 0 N–H and O–H groups in total. The van der Waals surface area contributed by atoms with Gasteiger partial charge < -0.3 is 0 Å². The van der Waals surface area contributed by atoms with Crippen LogP contribution >= 0.6 is 0 Å². The molecule has 0 fully saturated rings. The lowest BCUT2D eigenvalue weighted by Gasteiger charge is -2.03. The number of rotatable bonds is 1. The fourth-order valence-electron chi connectivity index (χ4n) is 1.91. The van der Waals surface area contributed by atoms with Crippen LogP contribution in [0.4, 0.5) is 5.69 Å². The highest BCUT2D eigenvalue weighted by molar-refractivity contribution is 5.82. The molecule has 2 rings (SSSR count). The van der Waals surface area contributed by atoms with Crippen molar-refractivity contribution < 1.29 is 9.72 Å². The van der Waals surface area contributed by atoms with Crippen LogP contribution in [0, 0.1) is 10.1 Å². The standard InChI is InChI=1S/C11H11NO3/c13-11-3-1-2-8-4-5-10(12(14)15)6-9(8)7-11/h4-6H,1-3,7H2. The van der Waals surface area contributed by atoms with Gasteiger partial charge in [0, 0.05) is 25.0 Å². The first kappa shape index (κ1) is 9.83. The van der Waals surface area contributed by atoms with Crippen LogP contribution in [0.15, 0.2) is 18.2 Å². The van der Waals surface area contributed by atoms with Gasteiger partial charge in [-0.05, 0) is 24.0 Å². The molecule has 78 valence electrons. The first-order valence-corrected chi connectivity index (χ1v) is 4.95. The molecule has 1 aliphatic carbocycles. The van der Waals surface area contributed by atoms with Crippen LogP contribution in [-0.4, -0.2) is 10.7 Å². The van der Waals surface area contributed by atoms with E-state index in [-0.39, 0.29) is 11.5 Å². The van der Waals surface area contributed by atoms with Gasteiger partial charge in [0.05, 0.1) is 4.92 Å². The number of aryl methyl sites for hydroxylation is 1. The van der Waals surface area contributed by atoms with Crippen LogP contribution in [0.3, 0.4) is 0 Å². The number of Topliss-reactive ketones (excluding diaryl/α,β-unsaturated/α-hetero) is 1. The molecule has 0 atom stereocenters. The maximum atomic E-state index is 11.4. The molecule has 1 aromatic carbocycles. The van der Waals surface area contributed by atoms with E-state index in [0.29, 0.717) is 12.8 Å². The number of carbonyl (C=O) groups excluding carboxylic acids is 1. The molecule has 4 heteroatoms. The molecule has 1 aliphatic rings. The van der Waals surface area contributed by atoms with Crippen molar-refractivity contribution in [3.63, 3.8) is 0 Å². The van der Waals surface area contributed by atoms with Gasteiger partial charge in [-0.15, -0.1) is 0 Å². The number of benzene rings is 1. The maximum Gasteiger partial charge on any atom is 0.269 e. The number of fused-ring (bicyclic) bond motifs is 1. The van der Waals surface area contributed by atoms with Gasteiger partial charge in [-0.25, -0.2) is 0 Å². The average Bonchev–Trinajstić information content (AvgIpc) is 2.37. The zero-order valence-electron chi connectivity index (χ0n) is 8.23. The highest BCUT2D eigenvalue weighted by Crippen LogP contribution is 2.23. The van der Waals surface area contributed by atoms with Crippen molar-refractivity contribution >= 4 is 11.5 Å². The third-order valence-electron chi connectivity index (χ3n) is 2.69. The summed E-state index contributed by atoms with van der Waals surface area (Å²) in [5.74, 6) is 0.175. The highest BCUT2D eigenvalue weighted by atomic mass is 16.6. The second kappa shape index (κ2) is 3.81. The molecule has 0 saturated carbocycles. The summed E-state index contributed by atoms with van der Waals surface area (Å²) >= 11 is 0. The Hall–Kier alpha value is -1.71. The molecular formula is C11H11NO3. The smallest absolute Gasteiger partial charge is 0.269 e. The van der Waals surface area contributed by atoms with E-state index in [2.05, 4.69) is 0 Å². The van der Waals surface area contributed by atoms with Crippen LogP contribution in [0.5, 0.6) is 0 Å². The minimum Gasteiger partial charge on any atom is -0.299 e. The van der Waals surface area contributed by atoms with E-state index in [1.165, 1.54) is 12.1 Å². The number of nitrogens with zero attached hydrogens (tertiary/aromatic N) is 1. The normalized spacial score (nSPS) is 15.6. The maximum absolute atomic E-state index is 11.4. The molecule has 0 aromatic heterocycles. The van der Waals surface area contributed by atoms with Gasteiger partial charge in [-0.3, -0.25) is 14.9 Å². The summed E-state index contributed by atoms with van der Waals surface area (Å²) in [6.45, 7) is 0. The van der Waals surface area contributed by atoms with Crippen molar-refractivity contribution in [1.82, 2.24) is 0 Å². The van der Waals surface area contributed by atoms with E-state index in [1.807, 2.05) is 0 Å². The Labute approximate surface area is 87.1 Å². The van der Waals surface area contributed by atoms with Crippen molar-refractivity contribution in [3.05, 3.63) is 39.4 Å². The van der Waals surface area contributed by atoms with E-state index >= 15 is 0 Å². The molecule has 0 heterocycles. The summed E-state index contributed by atoms with van der Waals surface area (Å²) in [5.41, 5.74) is 1.97. The predicted molar refractivity (Wildman–Crippen MR) is 54.7 cm³/mol. The molecule has 0 unspecified atom stereocenters. The first-order valence-electron chi connectivity index (χ1n) is 4.95. The molecule has 0 aliphatic heterocycles. The van der Waals surface area contributed by atoms with Gasteiger partial charge in [0.1, 0.15) is 5.78 Å². The molecule has 0 bridgehead atoms. The van der Waals surface area contributed by atoms with E-state index in [1.54, 1.807) is 6.07 Å². The second-order valence-electron chi connectivity index (χ2n) is 3.78. The van der Waals surface area contributed by atoms with Crippen molar-refractivity contribution in [2.24, 2.45) is 0 Å². The van der Waals surface area contributed by atoms with E-state index in [9.17, 15) is 14.9 Å². The number of ketones is 1. The average molecular weight is 205 g/mol. The summed E-state index contributed by atoms with van der Waals surface area (Å²) in [6, 6.07) is 4.80. The monoisotopic (exact) mass is 205 g/mol. The lowest BCUT2D eigenvalue weighted by Crippen LogP contribution is -2.01. The van der Waals surface area contributed by atoms with Gasteiger partial charge in [0.2, 0.25) is 0 Å². The molecule has 0 radical (unpaired) electrons. The first-order chi connectivity index (χ1) is 7.16. The van der Waals surface area contributed by atoms with Gasteiger partial charge >= 0.3 is 0 Å². The Balaban J connectivity index is 2.41. The van der Waals surface area contributed by atoms with Crippen LogP contribution in [-0.2, 0) is 17.6 Å². The molecule has 1 aromatic rings. The van der Waals surface area contributed by atoms with Crippen molar-refractivity contribution in [2.45, 2.75) is 25.7 Å². The SMILES string of the molecule is O=C1CCCc2ccc([N+](=O)[O-])cc2C1. The Bertz CT molecular complexity index is 426. The lowest BCUT2D eigenvalue weighted by molar-refractivity contribution is -0.384. The van der Waals surface area contributed by atoms with Gasteiger partial charge in [-0.1, -0.05) is 6.07 Å². The number of hydrogen-bond acceptors (Lipinski definition) is 3. The Morgan fingerprint density at radius 3 is 2.73 bits per heavy atom. The Kier molecular flexibility index (Phi) is 2.49. The molecule has 15 heavy (non-hydrogen) atoms. The van der Waals surface area contributed by atoms with Crippen molar-refractivity contribution in [1.29, 1.82) is 0 Å². The van der Waals surface area contributed by atoms with Crippen LogP contribution < -0.4 is 0 Å². The molecule has 0 spiro atoms. The van der Waals surface area contributed by atoms with Crippen molar-refractivity contribution in [3.8, 4) is 0 Å². The third kappa shape index (κ3) is 2.03. The topological polar surface area (TPSA) is 60.2 Å². The van der Waals surface area contributed by atoms with Crippen LogP contribution in [0.2, 0.25) is 0 Å². The molecular weight excluding hydrogens is 194 g/mol. The fraction of sp³-hybridized carbons (Fsp3) is 0.364. The molecule has 0 saturated heterocycles. The van der Waals surface area contributed by atoms with Crippen LogP contribution in [0.1, 0.15) is 24.0 Å². The van der Waals surface area contributed by atoms with Crippen molar-refractivity contribution in [2.75, 3.05) is 0 Å². The van der Waals surface area contributed by atoms with Gasteiger partial charge in [0.25, 0.3) is 5.69 Å². The predicted octanol–water partition coefficient (Wildman–Crippen LogP) is 2.04. The second-order valence-corrected chi connectivity index (χ2v) is 3.78. The third-order valence-corrected chi connectivity index (χ3v) is 2.69. The number of non-ortho nitro benzene ring substituents is 1. The summed E-state index contributed by atoms with van der Waals surface area (Å²) in [4.78, 5) is 21.5. The van der Waals surface area contributed by atoms with Gasteiger partial charge in [-0.2, -0.15) is 0 Å². The number of nitro groups is 1. The summed E-state index contributed by atoms with van der Waals surface area (Å²) in [6.07, 6.45) is 2.63. The lowest BCUT2D eigenvalue weighted by atomic mass is 10.0. The van der Waals surface area contributed by atoms with E-state index in [0.717, 1.165) is 24.0 Å². The largest absolute Gasteiger partial charge is 0.299 e. The molecule has 0 amide bonds. The Morgan fingerprint density at radius 1 is 1.20 bits per heavy atom. The number of nitro benzene ring substituents is 1. The number of hydrogen-bond donors (Lipinski definition) is 0. The fourth-order valence-corrected chi connectivity index (χ4v) is 1.91. The van der Waals surface area contributed by atoms with E-state index in [4.69, 9.17) is 0 Å².